The van der Waals surface area contributed by atoms with Crippen molar-refractivity contribution in [1.29, 1.82) is 0 Å². The van der Waals surface area contributed by atoms with Crippen molar-refractivity contribution in [2.75, 3.05) is 11.9 Å². The summed E-state index contributed by atoms with van der Waals surface area (Å²) in [5.41, 5.74) is 4.89. The Balaban J connectivity index is 1.95. The number of aromatic hydroxyl groups is 1. The molecule has 0 bridgehead atoms. The summed E-state index contributed by atoms with van der Waals surface area (Å²) < 4.78 is 5.55. The molecule has 0 aliphatic carbocycles. The second kappa shape index (κ2) is 9.86. The van der Waals surface area contributed by atoms with E-state index in [0.29, 0.717) is 35.0 Å². The highest BCUT2D eigenvalue weighted by Gasteiger charge is 2.18. The molecule has 0 radical (unpaired) electrons. The fourth-order valence-corrected chi connectivity index (χ4v) is 3.39. The zero-order valence-electron chi connectivity index (χ0n) is 18.1. The van der Waals surface area contributed by atoms with Crippen molar-refractivity contribution < 1.29 is 14.6 Å². The first-order valence-electron chi connectivity index (χ1n) is 10.3. The second-order valence-corrected chi connectivity index (χ2v) is 7.78. The highest BCUT2D eigenvalue weighted by Crippen LogP contribution is 2.28. The first-order chi connectivity index (χ1) is 14.9. The molecule has 0 aliphatic heterocycles. The number of nitrogens with one attached hydrogen (secondary N) is 1. The van der Waals surface area contributed by atoms with Crippen LogP contribution < -0.4 is 10.1 Å². The number of phenolic OH excluding ortho intramolecular Hbond substituents is 1. The molecule has 0 amide bonds. The summed E-state index contributed by atoms with van der Waals surface area (Å²) in [5.74, 6) is 3.49. The Kier molecular flexibility index (Phi) is 6.99. The summed E-state index contributed by atoms with van der Waals surface area (Å²) in [5, 5.41) is 13.0. The van der Waals surface area contributed by atoms with Gasteiger partial charge in [0.2, 0.25) is 0 Å². The van der Waals surface area contributed by atoms with Gasteiger partial charge in [-0.3, -0.25) is 4.79 Å². The molecule has 158 valence electrons. The van der Waals surface area contributed by atoms with Crippen LogP contribution in [0.1, 0.15) is 52.4 Å². The molecule has 0 heterocycles. The number of carbonyl (C=O) groups is 1. The Morgan fingerprint density at radius 2 is 1.90 bits per heavy atom. The molecule has 2 N–H and O–H groups in total. The maximum absolute atomic E-state index is 13.5. The molecule has 4 nitrogen and oxygen atoms in total. The van der Waals surface area contributed by atoms with Gasteiger partial charge in [-0.2, -0.15) is 0 Å². The highest BCUT2D eigenvalue weighted by molar-refractivity contribution is 6.13. The summed E-state index contributed by atoms with van der Waals surface area (Å²) in [6.45, 7) is 6.81. The van der Waals surface area contributed by atoms with Crippen LogP contribution in [0, 0.1) is 19.3 Å². The van der Waals surface area contributed by atoms with Crippen LogP contribution in [-0.2, 0) is 6.54 Å². The van der Waals surface area contributed by atoms with Gasteiger partial charge >= 0.3 is 0 Å². The molecule has 0 saturated heterocycles. The van der Waals surface area contributed by atoms with Crippen LogP contribution >= 0.6 is 0 Å². The zero-order valence-corrected chi connectivity index (χ0v) is 18.1. The van der Waals surface area contributed by atoms with Gasteiger partial charge in [0.25, 0.3) is 0 Å². The van der Waals surface area contributed by atoms with E-state index in [9.17, 15) is 9.90 Å². The first kappa shape index (κ1) is 22.0. The molecule has 3 rings (SSSR count). The summed E-state index contributed by atoms with van der Waals surface area (Å²) in [6.07, 6.45) is 5.30. The number of ether oxygens (including phenoxy) is 1. The number of aryl methyl sites for hydroxylation is 1. The fourth-order valence-electron chi connectivity index (χ4n) is 3.39. The minimum absolute atomic E-state index is 0.0858. The lowest BCUT2D eigenvalue weighted by atomic mass is 9.93. The minimum Gasteiger partial charge on any atom is -0.508 e. The Morgan fingerprint density at radius 1 is 1.10 bits per heavy atom. The SMILES string of the molecule is C#CCOc1ccc(NCc2cccc(O)c2)c(C(=O)c2ccc(C(C)C)cc2C)c1. The van der Waals surface area contributed by atoms with E-state index in [0.717, 1.165) is 11.1 Å². The molecule has 0 spiro atoms. The molecular weight excluding hydrogens is 386 g/mol. The molecule has 0 unspecified atom stereocenters. The number of hydrogen-bond acceptors (Lipinski definition) is 4. The normalized spacial score (nSPS) is 10.5. The van der Waals surface area contributed by atoms with E-state index in [4.69, 9.17) is 11.2 Å². The predicted octanol–water partition coefficient (Wildman–Crippen LogP) is 5.68. The van der Waals surface area contributed by atoms with Gasteiger partial charge in [-0.15, -0.1) is 6.42 Å². The maximum Gasteiger partial charge on any atom is 0.195 e. The Labute approximate surface area is 183 Å². The standard InChI is InChI=1S/C27H27NO3/c1-5-13-31-23-10-12-26(28-17-20-7-6-8-22(29)15-20)25(16-23)27(30)24-11-9-21(18(2)3)14-19(24)4/h1,6-12,14-16,18,28-29H,13,17H2,2-4H3. The largest absolute Gasteiger partial charge is 0.508 e. The molecule has 3 aromatic carbocycles. The molecule has 0 fully saturated rings. The number of carbonyl (C=O) groups excluding carboxylic acids is 1. The van der Waals surface area contributed by atoms with Gasteiger partial charge in [-0.05, 0) is 59.9 Å². The van der Waals surface area contributed by atoms with Crippen LogP contribution in [0.4, 0.5) is 5.69 Å². The van der Waals surface area contributed by atoms with E-state index < -0.39 is 0 Å². The van der Waals surface area contributed by atoms with Crippen molar-refractivity contribution >= 4 is 11.5 Å². The lowest BCUT2D eigenvalue weighted by molar-refractivity contribution is 0.103. The number of anilines is 1. The zero-order chi connectivity index (χ0) is 22.4. The van der Waals surface area contributed by atoms with E-state index in [1.807, 2.05) is 31.2 Å². The van der Waals surface area contributed by atoms with Gasteiger partial charge < -0.3 is 15.2 Å². The smallest absolute Gasteiger partial charge is 0.195 e. The van der Waals surface area contributed by atoms with Crippen molar-refractivity contribution in [1.82, 2.24) is 0 Å². The number of phenols is 1. The molecule has 0 atom stereocenters. The third-order valence-electron chi connectivity index (χ3n) is 5.11. The Hall–Kier alpha value is -3.71. The number of rotatable bonds is 8. The molecule has 4 heteroatoms. The highest BCUT2D eigenvalue weighted by atomic mass is 16.5. The van der Waals surface area contributed by atoms with E-state index >= 15 is 0 Å². The molecular formula is C27H27NO3. The maximum atomic E-state index is 13.5. The summed E-state index contributed by atoms with van der Waals surface area (Å²) in [6, 6.07) is 18.3. The number of benzene rings is 3. The van der Waals surface area contributed by atoms with Gasteiger partial charge in [-0.1, -0.05) is 50.1 Å². The Bertz CT molecular complexity index is 1130. The quantitative estimate of drug-likeness (QED) is 0.368. The minimum atomic E-state index is -0.0858. The van der Waals surface area contributed by atoms with Crippen LogP contribution in [0.2, 0.25) is 0 Å². The summed E-state index contributed by atoms with van der Waals surface area (Å²) >= 11 is 0. The van der Waals surface area contributed by atoms with Crippen molar-refractivity contribution in [3.05, 3.63) is 88.5 Å². The van der Waals surface area contributed by atoms with Crippen LogP contribution in [0.3, 0.4) is 0 Å². The molecule has 0 aliphatic rings. The van der Waals surface area contributed by atoms with E-state index in [1.165, 1.54) is 5.56 Å². The topological polar surface area (TPSA) is 58.6 Å². The van der Waals surface area contributed by atoms with Crippen LogP contribution in [0.5, 0.6) is 11.5 Å². The predicted molar refractivity (Wildman–Crippen MR) is 125 cm³/mol. The van der Waals surface area contributed by atoms with Gasteiger partial charge in [-0.25, -0.2) is 0 Å². The van der Waals surface area contributed by atoms with E-state index in [2.05, 4.69) is 31.2 Å². The van der Waals surface area contributed by atoms with Gasteiger partial charge in [0.05, 0.1) is 0 Å². The monoisotopic (exact) mass is 413 g/mol. The van der Waals surface area contributed by atoms with Crippen molar-refractivity contribution in [2.24, 2.45) is 0 Å². The van der Waals surface area contributed by atoms with Crippen LogP contribution in [0.15, 0.2) is 60.7 Å². The van der Waals surface area contributed by atoms with Gasteiger partial charge in [0.15, 0.2) is 5.78 Å². The molecule has 3 aromatic rings. The van der Waals surface area contributed by atoms with Crippen LogP contribution in [-0.4, -0.2) is 17.5 Å². The van der Waals surface area contributed by atoms with Crippen molar-refractivity contribution in [3.8, 4) is 23.8 Å². The summed E-state index contributed by atoms with van der Waals surface area (Å²) in [7, 11) is 0. The summed E-state index contributed by atoms with van der Waals surface area (Å²) in [4.78, 5) is 13.5. The number of hydrogen-bond donors (Lipinski definition) is 2. The van der Waals surface area contributed by atoms with Crippen molar-refractivity contribution in [3.63, 3.8) is 0 Å². The molecule has 0 saturated carbocycles. The third kappa shape index (κ3) is 5.46. The lowest BCUT2D eigenvalue weighted by Crippen LogP contribution is -2.10. The Morgan fingerprint density at radius 3 is 2.58 bits per heavy atom. The van der Waals surface area contributed by atoms with Gasteiger partial charge in [0, 0.05) is 23.4 Å². The fraction of sp³-hybridized carbons (Fsp3) is 0.222. The number of ketones is 1. The average Bonchev–Trinajstić information content (AvgIpc) is 2.76. The van der Waals surface area contributed by atoms with Crippen molar-refractivity contribution in [2.45, 2.75) is 33.2 Å². The van der Waals surface area contributed by atoms with Gasteiger partial charge in [0.1, 0.15) is 18.1 Å². The third-order valence-corrected chi connectivity index (χ3v) is 5.11. The average molecular weight is 414 g/mol. The van der Waals surface area contributed by atoms with E-state index in [-0.39, 0.29) is 18.1 Å². The molecule has 31 heavy (non-hydrogen) atoms. The lowest BCUT2D eigenvalue weighted by Gasteiger charge is -2.15. The number of terminal acetylenes is 1. The molecule has 0 aromatic heterocycles. The van der Waals surface area contributed by atoms with E-state index in [1.54, 1.807) is 30.3 Å². The van der Waals surface area contributed by atoms with Crippen LogP contribution in [0.25, 0.3) is 0 Å². The first-order valence-corrected chi connectivity index (χ1v) is 10.3. The second-order valence-electron chi connectivity index (χ2n) is 7.78.